The zero-order valence-corrected chi connectivity index (χ0v) is 9.90. The summed E-state index contributed by atoms with van der Waals surface area (Å²) in [6, 6.07) is 7.92. The van der Waals surface area contributed by atoms with Crippen LogP contribution in [0.1, 0.15) is 0 Å². The normalized spacial score (nSPS) is 14.9. The fourth-order valence-corrected chi connectivity index (χ4v) is 2.34. The van der Waals surface area contributed by atoms with Crippen LogP contribution >= 0.6 is 11.8 Å². The number of hydrazine groups is 2. The highest BCUT2D eigenvalue weighted by atomic mass is 32.2. The lowest BCUT2D eigenvalue weighted by molar-refractivity contribution is 0.352. The van der Waals surface area contributed by atoms with Crippen LogP contribution in [0.4, 0.5) is 0 Å². The van der Waals surface area contributed by atoms with E-state index < -0.39 is 0 Å². The molecule has 1 aliphatic rings. The lowest BCUT2D eigenvalue weighted by atomic mass is 10.2. The average Bonchev–Trinajstić information content (AvgIpc) is 2.76. The molecule has 0 amide bonds. The summed E-state index contributed by atoms with van der Waals surface area (Å²) in [6.07, 6.45) is 1.57. The Bertz CT molecular complexity index is 579. The molecule has 0 aliphatic carbocycles. The topological polar surface area (TPSA) is 65.4 Å². The van der Waals surface area contributed by atoms with E-state index in [4.69, 9.17) is 0 Å². The molecule has 0 fully saturated rings. The number of hydrogen-bond donors (Lipinski definition) is 2. The van der Waals surface area contributed by atoms with Crippen LogP contribution in [-0.4, -0.2) is 27.2 Å². The third kappa shape index (κ3) is 1.90. The van der Waals surface area contributed by atoms with Crippen molar-refractivity contribution >= 4 is 27.8 Å². The molecular weight excluding hydrogens is 236 g/mol. The summed E-state index contributed by atoms with van der Waals surface area (Å²) in [5.74, 6) is 0. The molecule has 7 heteroatoms. The third-order valence-corrected chi connectivity index (χ3v) is 3.42. The minimum Gasteiger partial charge on any atom is -0.269 e. The van der Waals surface area contributed by atoms with Gasteiger partial charge in [-0.2, -0.15) is 0 Å². The smallest absolute Gasteiger partial charge is 0.206 e. The van der Waals surface area contributed by atoms with Gasteiger partial charge in [0.05, 0.1) is 5.52 Å². The second kappa shape index (κ2) is 4.19. The van der Waals surface area contributed by atoms with Crippen molar-refractivity contribution in [3.63, 3.8) is 0 Å². The predicted octanol–water partition coefficient (Wildman–Crippen LogP) is 0.947. The standard InChI is InChI=1S/C10H10N6S/c1-16-10(13-14-15-16)17-9-7-4-2-3-5-8(7)11-6-12-9/h2-6,14-15H,1H3. The monoisotopic (exact) mass is 246 g/mol. The highest BCUT2D eigenvalue weighted by molar-refractivity contribution is 8.13. The van der Waals surface area contributed by atoms with Crippen molar-refractivity contribution < 1.29 is 0 Å². The van der Waals surface area contributed by atoms with Gasteiger partial charge < -0.3 is 0 Å². The van der Waals surface area contributed by atoms with Gasteiger partial charge in [0.2, 0.25) is 5.17 Å². The van der Waals surface area contributed by atoms with Gasteiger partial charge in [0, 0.05) is 12.4 Å². The number of nitrogens with zero attached hydrogens (tertiary/aromatic N) is 4. The largest absolute Gasteiger partial charge is 0.269 e. The van der Waals surface area contributed by atoms with Crippen molar-refractivity contribution in [3.8, 4) is 0 Å². The van der Waals surface area contributed by atoms with Crippen LogP contribution in [0.2, 0.25) is 0 Å². The summed E-state index contributed by atoms with van der Waals surface area (Å²) in [5, 5.41) is 8.64. The average molecular weight is 246 g/mol. The summed E-state index contributed by atoms with van der Waals surface area (Å²) >= 11 is 1.49. The van der Waals surface area contributed by atoms with Crippen molar-refractivity contribution in [1.29, 1.82) is 0 Å². The molecule has 2 heterocycles. The number of aromatic nitrogens is 2. The number of hydrazone groups is 1. The van der Waals surface area contributed by atoms with Gasteiger partial charge in [-0.05, 0) is 17.8 Å². The second-order valence-corrected chi connectivity index (χ2v) is 4.43. The number of amidine groups is 1. The first-order valence-electron chi connectivity index (χ1n) is 5.04. The molecule has 0 saturated heterocycles. The fraction of sp³-hybridized carbons (Fsp3) is 0.100. The first kappa shape index (κ1) is 10.3. The van der Waals surface area contributed by atoms with Crippen molar-refractivity contribution in [3.05, 3.63) is 30.6 Å². The highest BCUT2D eigenvalue weighted by Gasteiger charge is 2.15. The van der Waals surface area contributed by atoms with Crippen molar-refractivity contribution in [2.24, 2.45) is 5.10 Å². The van der Waals surface area contributed by atoms with E-state index >= 15 is 0 Å². The second-order valence-electron chi connectivity index (χ2n) is 3.48. The summed E-state index contributed by atoms with van der Waals surface area (Å²) in [5.41, 5.74) is 6.48. The fourth-order valence-electron chi connectivity index (χ4n) is 1.51. The van der Waals surface area contributed by atoms with Crippen molar-refractivity contribution in [2.45, 2.75) is 5.03 Å². The van der Waals surface area contributed by atoms with Gasteiger partial charge in [0.1, 0.15) is 11.4 Å². The molecule has 86 valence electrons. The van der Waals surface area contributed by atoms with Crippen LogP contribution in [0.25, 0.3) is 10.9 Å². The Labute approximate surface area is 102 Å². The number of thioether (sulfide) groups is 1. The van der Waals surface area contributed by atoms with E-state index in [-0.39, 0.29) is 0 Å². The minimum atomic E-state index is 0.814. The Kier molecular flexibility index (Phi) is 2.54. The molecule has 0 spiro atoms. The van der Waals surface area contributed by atoms with Gasteiger partial charge in [-0.25, -0.2) is 15.5 Å². The third-order valence-electron chi connectivity index (χ3n) is 2.35. The number of para-hydroxylation sites is 1. The quantitative estimate of drug-likeness (QED) is 0.730. The summed E-state index contributed by atoms with van der Waals surface area (Å²) < 4.78 is 0. The van der Waals surface area contributed by atoms with Crippen LogP contribution in [0, 0.1) is 0 Å². The Morgan fingerprint density at radius 3 is 2.94 bits per heavy atom. The van der Waals surface area contributed by atoms with E-state index in [2.05, 4.69) is 26.1 Å². The Hall–Kier alpha value is -1.86. The maximum atomic E-state index is 4.29. The van der Waals surface area contributed by atoms with E-state index in [1.54, 1.807) is 11.3 Å². The molecule has 2 N–H and O–H groups in total. The molecule has 3 rings (SSSR count). The predicted molar refractivity (Wildman–Crippen MR) is 66.9 cm³/mol. The maximum Gasteiger partial charge on any atom is 0.206 e. The molecule has 1 aromatic heterocycles. The molecule has 0 saturated carbocycles. The maximum absolute atomic E-state index is 4.29. The number of nitrogens with one attached hydrogen (secondary N) is 2. The van der Waals surface area contributed by atoms with Crippen LogP contribution in [0.5, 0.6) is 0 Å². The van der Waals surface area contributed by atoms with Gasteiger partial charge in [0.25, 0.3) is 0 Å². The summed E-state index contributed by atoms with van der Waals surface area (Å²) in [6.45, 7) is 0. The minimum absolute atomic E-state index is 0.814. The first-order chi connectivity index (χ1) is 8.34. The number of hydrogen-bond acceptors (Lipinski definition) is 7. The van der Waals surface area contributed by atoms with Gasteiger partial charge in [-0.1, -0.05) is 18.2 Å². The van der Waals surface area contributed by atoms with E-state index in [0.717, 1.165) is 21.1 Å². The lowest BCUT2D eigenvalue weighted by Crippen LogP contribution is -2.36. The Balaban J connectivity index is 2.00. The van der Waals surface area contributed by atoms with E-state index in [1.165, 1.54) is 11.8 Å². The summed E-state index contributed by atoms with van der Waals surface area (Å²) in [4.78, 5) is 8.52. The van der Waals surface area contributed by atoms with Gasteiger partial charge >= 0.3 is 0 Å². The van der Waals surface area contributed by atoms with Crippen LogP contribution in [0.3, 0.4) is 0 Å². The highest BCUT2D eigenvalue weighted by Crippen LogP contribution is 2.26. The zero-order valence-electron chi connectivity index (χ0n) is 9.08. The Morgan fingerprint density at radius 1 is 1.24 bits per heavy atom. The van der Waals surface area contributed by atoms with E-state index in [9.17, 15) is 0 Å². The molecule has 0 atom stereocenters. The first-order valence-corrected chi connectivity index (χ1v) is 5.86. The van der Waals surface area contributed by atoms with Crippen molar-refractivity contribution in [2.75, 3.05) is 7.05 Å². The van der Waals surface area contributed by atoms with Crippen LogP contribution < -0.4 is 11.1 Å². The molecule has 0 bridgehead atoms. The number of fused-ring (bicyclic) bond motifs is 1. The number of benzene rings is 1. The van der Waals surface area contributed by atoms with Crippen LogP contribution in [-0.2, 0) is 0 Å². The van der Waals surface area contributed by atoms with Crippen molar-refractivity contribution in [1.82, 2.24) is 26.0 Å². The van der Waals surface area contributed by atoms with E-state index in [1.807, 2.05) is 31.3 Å². The molecular formula is C10H10N6S. The summed E-state index contributed by atoms with van der Waals surface area (Å²) in [7, 11) is 1.88. The lowest BCUT2D eigenvalue weighted by Gasteiger charge is -2.11. The van der Waals surface area contributed by atoms with Gasteiger partial charge in [-0.3, -0.25) is 5.01 Å². The van der Waals surface area contributed by atoms with E-state index in [0.29, 0.717) is 0 Å². The van der Waals surface area contributed by atoms with Gasteiger partial charge in [0.15, 0.2) is 0 Å². The van der Waals surface area contributed by atoms with Crippen LogP contribution in [0.15, 0.2) is 40.7 Å². The molecule has 1 aliphatic heterocycles. The molecule has 0 radical (unpaired) electrons. The molecule has 0 unspecified atom stereocenters. The molecule has 2 aromatic rings. The van der Waals surface area contributed by atoms with Gasteiger partial charge in [-0.15, -0.1) is 10.6 Å². The number of rotatable bonds is 1. The molecule has 1 aromatic carbocycles. The molecule has 6 nitrogen and oxygen atoms in total. The Morgan fingerprint density at radius 2 is 2.12 bits per heavy atom. The zero-order chi connectivity index (χ0) is 11.7. The molecule has 17 heavy (non-hydrogen) atoms. The SMILES string of the molecule is CN1NNN=C1Sc1ncnc2ccccc12.